The molecule has 0 aliphatic rings. The summed E-state index contributed by atoms with van der Waals surface area (Å²) in [5.74, 6) is -3.03. The number of aryl methyl sites for hydroxylation is 1. The van der Waals surface area contributed by atoms with Crippen LogP contribution >= 0.6 is 11.6 Å². The summed E-state index contributed by atoms with van der Waals surface area (Å²) < 4.78 is 78.4. The minimum atomic E-state index is -4.01. The largest absolute Gasteiger partial charge is 0.337 e. The number of benzene rings is 2. The first-order valence-electron chi connectivity index (χ1n) is 7.83. The van der Waals surface area contributed by atoms with Gasteiger partial charge in [0, 0.05) is 22.4 Å². The van der Waals surface area contributed by atoms with Gasteiger partial charge in [-0.25, -0.2) is 31.0 Å². The van der Waals surface area contributed by atoms with E-state index in [4.69, 9.17) is 11.6 Å². The van der Waals surface area contributed by atoms with E-state index in [0.29, 0.717) is 28.3 Å². The van der Waals surface area contributed by atoms with Crippen molar-refractivity contribution in [3.8, 4) is 22.5 Å². The standard InChI is InChI=1S/C18H13ClF4N2O2S/c1-8-5-9(3-4-11(8)19)15-16(25-18(24-15)17(22)23)10-6-13(21)14(7-12(10)20)28(2,26)27/h3-7,17H,1-2H3,(H,24,25). The van der Waals surface area contributed by atoms with Gasteiger partial charge in [-0.2, -0.15) is 0 Å². The number of aromatic amines is 1. The average molecular weight is 433 g/mol. The second kappa shape index (κ2) is 7.21. The lowest BCUT2D eigenvalue weighted by molar-refractivity contribution is 0.141. The number of hydrogen-bond donors (Lipinski definition) is 1. The summed E-state index contributed by atoms with van der Waals surface area (Å²) in [7, 11) is -4.01. The molecule has 4 nitrogen and oxygen atoms in total. The number of alkyl halides is 2. The molecule has 0 spiro atoms. The Hall–Kier alpha value is -2.39. The molecule has 0 aliphatic carbocycles. The van der Waals surface area contributed by atoms with E-state index < -0.39 is 44.2 Å². The number of sulfone groups is 1. The van der Waals surface area contributed by atoms with Gasteiger partial charge in [-0.1, -0.05) is 17.7 Å². The van der Waals surface area contributed by atoms with Gasteiger partial charge in [0.25, 0.3) is 6.43 Å². The molecule has 10 heteroatoms. The third kappa shape index (κ3) is 3.77. The molecule has 0 fully saturated rings. The molecule has 1 aromatic heterocycles. The Morgan fingerprint density at radius 1 is 1.11 bits per heavy atom. The van der Waals surface area contributed by atoms with Crippen LogP contribution in [0.25, 0.3) is 22.5 Å². The normalized spacial score (nSPS) is 12.0. The summed E-state index contributed by atoms with van der Waals surface area (Å²) in [6, 6.07) is 5.75. The van der Waals surface area contributed by atoms with E-state index in [1.54, 1.807) is 13.0 Å². The zero-order chi connectivity index (χ0) is 20.8. The summed E-state index contributed by atoms with van der Waals surface area (Å²) in [6.07, 6.45) is -2.25. The molecule has 0 atom stereocenters. The molecule has 0 amide bonds. The van der Waals surface area contributed by atoms with E-state index in [0.717, 1.165) is 6.26 Å². The highest BCUT2D eigenvalue weighted by Gasteiger charge is 2.24. The van der Waals surface area contributed by atoms with Crippen molar-refractivity contribution in [1.82, 2.24) is 9.97 Å². The third-order valence-corrected chi connectivity index (χ3v) is 5.59. The van der Waals surface area contributed by atoms with Crippen molar-refractivity contribution in [2.45, 2.75) is 18.2 Å². The Bertz CT molecular complexity index is 1180. The van der Waals surface area contributed by atoms with Gasteiger partial charge < -0.3 is 4.98 Å². The molecule has 3 rings (SSSR count). The SMILES string of the molecule is Cc1cc(-c2nc(C(F)F)[nH]c2-c2cc(F)c(S(C)(=O)=O)cc2F)ccc1Cl. The van der Waals surface area contributed by atoms with Gasteiger partial charge in [-0.3, -0.25) is 0 Å². The third-order valence-electron chi connectivity index (χ3n) is 4.05. The van der Waals surface area contributed by atoms with E-state index in [9.17, 15) is 26.0 Å². The lowest BCUT2D eigenvalue weighted by atomic mass is 10.0. The Kier molecular flexibility index (Phi) is 5.24. The predicted molar refractivity (Wildman–Crippen MR) is 97.2 cm³/mol. The van der Waals surface area contributed by atoms with E-state index in [2.05, 4.69) is 9.97 Å². The summed E-state index contributed by atoms with van der Waals surface area (Å²) >= 11 is 5.97. The maximum atomic E-state index is 14.6. The Labute approximate surface area is 163 Å². The summed E-state index contributed by atoms with van der Waals surface area (Å²) in [5, 5.41) is 0.435. The molecule has 2 aromatic carbocycles. The molecule has 1 N–H and O–H groups in total. The quantitative estimate of drug-likeness (QED) is 0.567. The number of halogens is 5. The van der Waals surface area contributed by atoms with E-state index in [1.807, 2.05) is 0 Å². The summed E-state index contributed by atoms with van der Waals surface area (Å²) in [5.41, 5.74) is 0.318. The van der Waals surface area contributed by atoms with Crippen LogP contribution in [0.3, 0.4) is 0 Å². The Balaban J connectivity index is 2.27. The second-order valence-electron chi connectivity index (χ2n) is 6.14. The lowest BCUT2D eigenvalue weighted by Gasteiger charge is -2.09. The first-order chi connectivity index (χ1) is 13.0. The maximum Gasteiger partial charge on any atom is 0.295 e. The van der Waals surface area contributed by atoms with Crippen molar-refractivity contribution in [1.29, 1.82) is 0 Å². The first-order valence-corrected chi connectivity index (χ1v) is 10.1. The topological polar surface area (TPSA) is 62.8 Å². The maximum absolute atomic E-state index is 14.6. The smallest absolute Gasteiger partial charge is 0.295 e. The monoisotopic (exact) mass is 432 g/mol. The van der Waals surface area contributed by atoms with Crippen molar-refractivity contribution >= 4 is 21.4 Å². The fraction of sp³-hybridized carbons (Fsp3) is 0.167. The van der Waals surface area contributed by atoms with Crippen LogP contribution in [0.1, 0.15) is 17.8 Å². The van der Waals surface area contributed by atoms with Gasteiger partial charge in [0.1, 0.15) is 16.5 Å². The van der Waals surface area contributed by atoms with Crippen LogP contribution in [0.5, 0.6) is 0 Å². The van der Waals surface area contributed by atoms with Gasteiger partial charge >= 0.3 is 0 Å². The van der Waals surface area contributed by atoms with Crippen molar-refractivity contribution in [3.05, 3.63) is 58.4 Å². The number of rotatable bonds is 4. The van der Waals surface area contributed by atoms with Crippen LogP contribution in [0.15, 0.2) is 35.2 Å². The molecular weight excluding hydrogens is 420 g/mol. The van der Waals surface area contributed by atoms with Gasteiger partial charge in [0.15, 0.2) is 15.7 Å². The summed E-state index contributed by atoms with van der Waals surface area (Å²) in [4.78, 5) is 5.29. The molecule has 0 aliphatic heterocycles. The molecular formula is C18H13ClF4N2O2S. The summed E-state index contributed by atoms with van der Waals surface area (Å²) in [6.45, 7) is 1.69. The highest BCUT2D eigenvalue weighted by atomic mass is 35.5. The molecule has 1 heterocycles. The van der Waals surface area contributed by atoms with E-state index in [-0.39, 0.29) is 11.4 Å². The van der Waals surface area contributed by atoms with Crippen LogP contribution in [0.4, 0.5) is 17.6 Å². The van der Waals surface area contributed by atoms with Crippen LogP contribution in [0, 0.1) is 18.6 Å². The van der Waals surface area contributed by atoms with E-state index in [1.165, 1.54) is 12.1 Å². The highest BCUT2D eigenvalue weighted by molar-refractivity contribution is 7.90. The van der Waals surface area contributed by atoms with Gasteiger partial charge in [0.05, 0.1) is 11.4 Å². The van der Waals surface area contributed by atoms with Crippen LogP contribution in [-0.4, -0.2) is 24.6 Å². The van der Waals surface area contributed by atoms with Crippen LogP contribution in [0.2, 0.25) is 5.02 Å². The Morgan fingerprint density at radius 2 is 1.79 bits per heavy atom. The molecule has 0 radical (unpaired) electrons. The number of hydrogen-bond acceptors (Lipinski definition) is 3. The number of nitrogens with zero attached hydrogens (tertiary/aromatic N) is 1. The molecule has 28 heavy (non-hydrogen) atoms. The number of aromatic nitrogens is 2. The first kappa shape index (κ1) is 20.3. The number of imidazole rings is 1. The van der Waals surface area contributed by atoms with Crippen molar-refractivity contribution in [3.63, 3.8) is 0 Å². The molecule has 0 unspecified atom stereocenters. The predicted octanol–water partition coefficient (Wildman–Crippen LogP) is 5.32. The molecule has 0 saturated heterocycles. The molecule has 0 bridgehead atoms. The zero-order valence-electron chi connectivity index (χ0n) is 14.5. The second-order valence-corrected chi connectivity index (χ2v) is 8.54. The fourth-order valence-corrected chi connectivity index (χ4v) is 3.54. The lowest BCUT2D eigenvalue weighted by Crippen LogP contribution is -2.03. The van der Waals surface area contributed by atoms with Gasteiger partial charge in [-0.15, -0.1) is 0 Å². The fourth-order valence-electron chi connectivity index (χ4n) is 2.70. The van der Waals surface area contributed by atoms with Crippen molar-refractivity contribution < 1.29 is 26.0 Å². The van der Waals surface area contributed by atoms with Crippen LogP contribution in [-0.2, 0) is 9.84 Å². The van der Waals surface area contributed by atoms with Gasteiger partial charge in [-0.05, 0) is 36.8 Å². The minimum Gasteiger partial charge on any atom is -0.337 e. The highest BCUT2D eigenvalue weighted by Crippen LogP contribution is 2.36. The number of H-pyrrole nitrogens is 1. The van der Waals surface area contributed by atoms with Gasteiger partial charge in [0.2, 0.25) is 0 Å². The number of nitrogens with one attached hydrogen (secondary N) is 1. The zero-order valence-corrected chi connectivity index (χ0v) is 16.1. The van der Waals surface area contributed by atoms with Crippen molar-refractivity contribution in [2.75, 3.05) is 6.26 Å². The van der Waals surface area contributed by atoms with Crippen molar-refractivity contribution in [2.24, 2.45) is 0 Å². The van der Waals surface area contributed by atoms with Crippen LogP contribution < -0.4 is 0 Å². The Morgan fingerprint density at radius 3 is 2.36 bits per heavy atom. The molecule has 148 valence electrons. The minimum absolute atomic E-state index is 0.0412. The molecule has 3 aromatic rings. The average Bonchev–Trinajstić information content (AvgIpc) is 3.03. The molecule has 0 saturated carbocycles. The van der Waals surface area contributed by atoms with E-state index >= 15 is 0 Å².